The molecule has 2 atom stereocenters. The second-order valence-electron chi connectivity index (χ2n) is 8.34. The second kappa shape index (κ2) is 10.8. The van der Waals surface area contributed by atoms with Gasteiger partial charge in [-0.25, -0.2) is 14.8 Å². The highest BCUT2D eigenvalue weighted by atomic mass is 19.4. The molecule has 0 aromatic carbocycles. The lowest BCUT2D eigenvalue weighted by Gasteiger charge is -2.31. The molecular weight excluding hydrogens is 506 g/mol. The number of urea groups is 1. The summed E-state index contributed by atoms with van der Waals surface area (Å²) < 4.78 is 84.8. The van der Waals surface area contributed by atoms with Gasteiger partial charge in [0, 0.05) is 37.1 Å². The van der Waals surface area contributed by atoms with Gasteiger partial charge >= 0.3 is 18.4 Å². The number of nitrogens with zero attached hydrogens (tertiary/aromatic N) is 5. The predicted octanol–water partition coefficient (Wildman–Crippen LogP) is 5.47. The summed E-state index contributed by atoms with van der Waals surface area (Å²) in [4.78, 5) is 26.9. The minimum atomic E-state index is -5.05. The molecule has 0 aliphatic rings. The van der Waals surface area contributed by atoms with Gasteiger partial charge in [0.2, 0.25) is 0 Å². The zero-order chi connectivity index (χ0) is 27.5. The maximum atomic E-state index is 13.4. The molecule has 202 valence electrons. The third-order valence-corrected chi connectivity index (χ3v) is 5.83. The van der Waals surface area contributed by atoms with Crippen molar-refractivity contribution in [3.63, 3.8) is 0 Å². The summed E-state index contributed by atoms with van der Waals surface area (Å²) >= 11 is 0. The van der Waals surface area contributed by atoms with Crippen LogP contribution in [0.2, 0.25) is 0 Å². The molecule has 3 aromatic heterocycles. The Kier molecular flexibility index (Phi) is 8.18. The highest BCUT2D eigenvalue weighted by molar-refractivity contribution is 5.75. The van der Waals surface area contributed by atoms with Crippen LogP contribution in [0.4, 0.5) is 31.1 Å². The fraction of sp³-hybridized carbons (Fsp3) is 0.478. The molecule has 37 heavy (non-hydrogen) atoms. The molecule has 3 aromatic rings. The number of imidazole rings is 1. The maximum Gasteiger partial charge on any atom is 0.408 e. The van der Waals surface area contributed by atoms with Gasteiger partial charge in [-0.15, -0.1) is 0 Å². The summed E-state index contributed by atoms with van der Waals surface area (Å²) in [7, 11) is 1.44. The molecule has 0 bridgehead atoms. The number of hydrogen-bond donors (Lipinski definition) is 1. The summed E-state index contributed by atoms with van der Waals surface area (Å²) in [6.07, 6.45) is -6.36. The Hall–Kier alpha value is -3.58. The van der Waals surface area contributed by atoms with E-state index >= 15 is 0 Å². The van der Waals surface area contributed by atoms with E-state index in [4.69, 9.17) is 4.74 Å². The zero-order valence-electron chi connectivity index (χ0n) is 20.5. The van der Waals surface area contributed by atoms with Crippen molar-refractivity contribution in [3.8, 4) is 17.0 Å². The summed E-state index contributed by atoms with van der Waals surface area (Å²) in [6, 6.07) is -3.04. The Morgan fingerprint density at radius 1 is 1.22 bits per heavy atom. The van der Waals surface area contributed by atoms with E-state index in [9.17, 15) is 31.1 Å². The zero-order valence-corrected chi connectivity index (χ0v) is 20.5. The Bertz CT molecular complexity index is 1240. The minimum absolute atomic E-state index is 0.0295. The summed E-state index contributed by atoms with van der Waals surface area (Å²) in [5, 5.41) is 1.71. The molecule has 0 saturated carbocycles. The van der Waals surface area contributed by atoms with Gasteiger partial charge in [0.25, 0.3) is 0 Å². The first-order valence-corrected chi connectivity index (χ1v) is 11.3. The SMILES string of the molecule is CCN(C(=O)N[C@@H](CCC(F)(F)F)C(F)(F)F)[C@H](C)c1cc(-c2cn3ccnc3c(C)n2)c(OC)cn1. The van der Waals surface area contributed by atoms with Gasteiger partial charge in [-0.3, -0.25) is 4.98 Å². The van der Waals surface area contributed by atoms with E-state index in [1.165, 1.54) is 20.2 Å². The number of amides is 2. The molecule has 0 radical (unpaired) electrons. The number of ether oxygens (including phenoxy) is 1. The van der Waals surface area contributed by atoms with Gasteiger partial charge in [0.1, 0.15) is 11.8 Å². The van der Waals surface area contributed by atoms with Gasteiger partial charge < -0.3 is 19.4 Å². The van der Waals surface area contributed by atoms with E-state index in [2.05, 4.69) is 15.0 Å². The number of rotatable bonds is 8. The van der Waals surface area contributed by atoms with E-state index in [1.54, 1.807) is 48.2 Å². The Morgan fingerprint density at radius 2 is 1.92 bits per heavy atom. The molecule has 0 aliphatic carbocycles. The fourth-order valence-corrected chi connectivity index (χ4v) is 3.88. The fourth-order valence-electron chi connectivity index (χ4n) is 3.88. The van der Waals surface area contributed by atoms with Crippen molar-refractivity contribution in [2.45, 2.75) is 58.0 Å². The van der Waals surface area contributed by atoms with Gasteiger partial charge in [-0.2, -0.15) is 26.3 Å². The van der Waals surface area contributed by atoms with Crippen molar-refractivity contribution in [2.75, 3.05) is 13.7 Å². The van der Waals surface area contributed by atoms with Crippen LogP contribution in [0.25, 0.3) is 16.9 Å². The number of nitrogens with one attached hydrogen (secondary N) is 1. The van der Waals surface area contributed by atoms with Crippen molar-refractivity contribution in [3.05, 3.63) is 42.2 Å². The van der Waals surface area contributed by atoms with Crippen molar-refractivity contribution in [1.29, 1.82) is 0 Å². The van der Waals surface area contributed by atoms with Crippen LogP contribution in [0.3, 0.4) is 0 Å². The first kappa shape index (κ1) is 28.0. The van der Waals surface area contributed by atoms with Crippen LogP contribution in [0.15, 0.2) is 30.9 Å². The number of carbonyl (C=O) groups excluding carboxylic acids is 1. The molecular formula is C23H26F6N6O2. The molecule has 0 unspecified atom stereocenters. The molecule has 0 aliphatic heterocycles. The summed E-state index contributed by atoms with van der Waals surface area (Å²) in [5.41, 5.74) is 2.64. The number of halogens is 6. The number of fused-ring (bicyclic) bond motifs is 1. The van der Waals surface area contributed by atoms with Crippen molar-refractivity contribution in [1.82, 2.24) is 29.6 Å². The molecule has 0 spiro atoms. The molecule has 2 amide bonds. The van der Waals surface area contributed by atoms with Crippen LogP contribution in [-0.2, 0) is 0 Å². The van der Waals surface area contributed by atoms with Gasteiger partial charge in [-0.05, 0) is 33.3 Å². The van der Waals surface area contributed by atoms with Gasteiger partial charge in [0.15, 0.2) is 5.65 Å². The van der Waals surface area contributed by atoms with E-state index in [-0.39, 0.29) is 6.54 Å². The number of aromatic nitrogens is 4. The first-order valence-electron chi connectivity index (χ1n) is 11.3. The molecule has 0 saturated heterocycles. The highest BCUT2D eigenvalue weighted by Crippen LogP contribution is 2.33. The van der Waals surface area contributed by atoms with Crippen molar-refractivity contribution in [2.24, 2.45) is 0 Å². The standard InChI is InChI=1S/C23H26F6N6O2/c1-5-35(21(36)33-19(23(27,28)29)6-7-22(24,25)26)14(3)16-10-15(18(37-4)11-31-16)17-12-34-9-8-30-20(34)13(2)32-17/h8-12,14,19H,5-7H2,1-4H3,(H,33,36)/t14-,19+/m1/s1. The number of pyridine rings is 1. The summed E-state index contributed by atoms with van der Waals surface area (Å²) in [6.45, 7) is 4.84. The second-order valence-corrected chi connectivity index (χ2v) is 8.34. The van der Waals surface area contributed by atoms with Crippen molar-refractivity contribution >= 4 is 11.7 Å². The van der Waals surface area contributed by atoms with Crippen LogP contribution < -0.4 is 10.1 Å². The average Bonchev–Trinajstić information content (AvgIpc) is 3.29. The average molecular weight is 532 g/mol. The van der Waals surface area contributed by atoms with Crippen LogP contribution in [0.1, 0.15) is 44.1 Å². The Morgan fingerprint density at radius 3 is 2.51 bits per heavy atom. The quantitative estimate of drug-likeness (QED) is 0.389. The predicted molar refractivity (Wildman–Crippen MR) is 122 cm³/mol. The first-order chi connectivity index (χ1) is 17.2. The van der Waals surface area contributed by atoms with Gasteiger partial charge in [-0.1, -0.05) is 0 Å². The normalized spacial score (nSPS) is 13.9. The minimum Gasteiger partial charge on any atom is -0.494 e. The Labute approximate surface area is 208 Å². The van der Waals surface area contributed by atoms with Gasteiger partial charge in [0.05, 0.1) is 36.4 Å². The van der Waals surface area contributed by atoms with E-state index in [0.29, 0.717) is 34.0 Å². The number of methoxy groups -OCH3 is 1. The largest absolute Gasteiger partial charge is 0.494 e. The number of hydrogen-bond acceptors (Lipinski definition) is 5. The molecule has 0 fully saturated rings. The van der Waals surface area contributed by atoms with Crippen LogP contribution in [-0.4, -0.2) is 62.3 Å². The summed E-state index contributed by atoms with van der Waals surface area (Å²) in [5.74, 6) is 0.374. The lowest BCUT2D eigenvalue weighted by Crippen LogP contribution is -2.51. The number of aryl methyl sites for hydroxylation is 1. The van der Waals surface area contributed by atoms with Crippen LogP contribution in [0, 0.1) is 6.92 Å². The van der Waals surface area contributed by atoms with E-state index in [0.717, 1.165) is 4.90 Å². The van der Waals surface area contributed by atoms with Crippen LogP contribution in [0.5, 0.6) is 5.75 Å². The van der Waals surface area contributed by atoms with E-state index in [1.807, 2.05) is 0 Å². The molecule has 8 nitrogen and oxygen atoms in total. The molecule has 3 heterocycles. The third-order valence-electron chi connectivity index (χ3n) is 5.83. The molecule has 14 heteroatoms. The maximum absolute atomic E-state index is 13.4. The third kappa shape index (κ3) is 6.60. The monoisotopic (exact) mass is 532 g/mol. The molecule has 3 rings (SSSR count). The van der Waals surface area contributed by atoms with E-state index < -0.39 is 43.3 Å². The van der Waals surface area contributed by atoms with Crippen molar-refractivity contribution < 1.29 is 35.9 Å². The number of carbonyl (C=O) groups is 1. The topological polar surface area (TPSA) is 84.7 Å². The molecule has 1 N–H and O–H groups in total. The Balaban J connectivity index is 1.90. The smallest absolute Gasteiger partial charge is 0.408 e. The number of alkyl halides is 6. The van der Waals surface area contributed by atoms with Crippen LogP contribution >= 0.6 is 0 Å². The lowest BCUT2D eigenvalue weighted by molar-refractivity contribution is -0.171. The highest BCUT2D eigenvalue weighted by Gasteiger charge is 2.43. The lowest BCUT2D eigenvalue weighted by atomic mass is 10.1.